The second-order valence-corrected chi connectivity index (χ2v) is 1.98. The summed E-state index contributed by atoms with van der Waals surface area (Å²) in [5.41, 5.74) is -0.301. The Bertz CT molecular complexity index is 297. The van der Waals surface area contributed by atoms with E-state index < -0.39 is 17.5 Å². The number of phenolic OH excluding ortho intramolecular Hbond substituents is 1. The minimum absolute atomic E-state index is 0. The number of carboxylic acids is 1. The molecule has 60 valence electrons. The Labute approximate surface area is 90.8 Å². The van der Waals surface area contributed by atoms with Crippen LogP contribution in [0.25, 0.3) is 0 Å². The molecule has 3 N–H and O–H groups in total. The zero-order valence-corrected chi connectivity index (χ0v) is 5.48. The summed E-state index contributed by atoms with van der Waals surface area (Å²) in [6.07, 6.45) is 0. The summed E-state index contributed by atoms with van der Waals surface area (Å²) in [7, 11) is 0. The van der Waals surface area contributed by atoms with Gasteiger partial charge in [-0.2, -0.15) is 0 Å². The summed E-state index contributed by atoms with van der Waals surface area (Å²) < 4.78 is 0. The molecule has 1 aromatic rings. The Morgan fingerprint density at radius 3 is 2.25 bits per heavy atom. The van der Waals surface area contributed by atoms with E-state index in [4.69, 9.17) is 15.3 Å². The van der Waals surface area contributed by atoms with E-state index in [9.17, 15) is 4.79 Å². The second kappa shape index (κ2) is 4.35. The van der Waals surface area contributed by atoms with Crippen LogP contribution in [0.2, 0.25) is 0 Å². The van der Waals surface area contributed by atoms with Gasteiger partial charge in [0.2, 0.25) is 0 Å². The summed E-state index contributed by atoms with van der Waals surface area (Å²) in [4.78, 5) is 10.3. The fraction of sp³-hybridized carbons (Fsp3) is 0. The molecule has 0 aliphatic rings. The molecule has 0 fully saturated rings. The van der Waals surface area contributed by atoms with E-state index in [2.05, 4.69) is 0 Å². The van der Waals surface area contributed by atoms with Crippen LogP contribution in [0.5, 0.6) is 11.5 Å². The predicted octanol–water partition coefficient (Wildman–Crippen LogP) is 0.147. The zero-order valence-electron chi connectivity index (χ0n) is 5.48. The number of rotatable bonds is 1. The van der Waals surface area contributed by atoms with Crippen LogP contribution < -0.4 is 0 Å². The standard InChI is InChI=1S/C7H6O4.Na.H/c8-5-3-1-2-4(6(5)9)7(10)11;;/h1-3,8-9H,(H,10,11);;. The van der Waals surface area contributed by atoms with Crippen LogP contribution >= 0.6 is 0 Å². The molecule has 0 saturated heterocycles. The Morgan fingerprint density at radius 2 is 1.83 bits per heavy atom. The normalized spacial score (nSPS) is 8.67. The van der Waals surface area contributed by atoms with Gasteiger partial charge in [0.15, 0.2) is 11.5 Å². The van der Waals surface area contributed by atoms with Crippen molar-refractivity contribution in [2.45, 2.75) is 0 Å². The van der Waals surface area contributed by atoms with Crippen molar-refractivity contribution in [1.29, 1.82) is 0 Å². The van der Waals surface area contributed by atoms with Gasteiger partial charge in [-0.05, 0) is 12.1 Å². The molecule has 0 bridgehead atoms. The number of aromatic hydroxyl groups is 2. The van der Waals surface area contributed by atoms with Gasteiger partial charge in [-0.25, -0.2) is 4.79 Å². The van der Waals surface area contributed by atoms with E-state index in [1.165, 1.54) is 18.2 Å². The number of hydrogen-bond donors (Lipinski definition) is 3. The molecule has 0 heterocycles. The molecule has 1 aromatic carbocycles. The number of aromatic carboxylic acids is 1. The number of hydrogen-bond acceptors (Lipinski definition) is 3. The maximum absolute atomic E-state index is 10.3. The minimum atomic E-state index is -1.27. The first-order valence-electron chi connectivity index (χ1n) is 2.87. The third-order valence-electron chi connectivity index (χ3n) is 1.25. The Hall–Kier alpha value is -0.710. The third kappa shape index (κ3) is 2.14. The van der Waals surface area contributed by atoms with Crippen molar-refractivity contribution in [2.75, 3.05) is 0 Å². The number of phenols is 2. The molecular weight excluding hydrogens is 171 g/mol. The van der Waals surface area contributed by atoms with Crippen molar-refractivity contribution in [3.8, 4) is 11.5 Å². The van der Waals surface area contributed by atoms with Crippen LogP contribution in [0.1, 0.15) is 10.4 Å². The number of benzene rings is 1. The Balaban J connectivity index is 0.00000121. The topological polar surface area (TPSA) is 77.8 Å². The molecular formula is C7H7NaO4. The maximum atomic E-state index is 10.3. The first-order valence-corrected chi connectivity index (χ1v) is 2.87. The predicted molar refractivity (Wildman–Crippen MR) is 43.9 cm³/mol. The average Bonchev–Trinajstić information content (AvgIpc) is 1.94. The fourth-order valence-corrected chi connectivity index (χ4v) is 0.704. The molecule has 1 rings (SSSR count). The van der Waals surface area contributed by atoms with E-state index in [1.54, 1.807) is 0 Å². The zero-order chi connectivity index (χ0) is 8.43. The molecule has 12 heavy (non-hydrogen) atoms. The number of para-hydroxylation sites is 1. The van der Waals surface area contributed by atoms with Gasteiger partial charge in [-0.3, -0.25) is 0 Å². The monoisotopic (exact) mass is 178 g/mol. The molecule has 0 saturated carbocycles. The molecule has 5 heteroatoms. The van der Waals surface area contributed by atoms with E-state index >= 15 is 0 Å². The van der Waals surface area contributed by atoms with Crippen molar-refractivity contribution < 1.29 is 20.1 Å². The summed E-state index contributed by atoms with van der Waals surface area (Å²) in [6, 6.07) is 3.76. The average molecular weight is 178 g/mol. The van der Waals surface area contributed by atoms with Crippen LogP contribution in [0.4, 0.5) is 0 Å². The van der Waals surface area contributed by atoms with Gasteiger partial charge >= 0.3 is 35.5 Å². The molecule has 4 nitrogen and oxygen atoms in total. The molecule has 0 aromatic heterocycles. The molecule has 0 spiro atoms. The van der Waals surface area contributed by atoms with Gasteiger partial charge in [0.05, 0.1) is 0 Å². The van der Waals surface area contributed by atoms with Crippen LogP contribution in [-0.2, 0) is 0 Å². The van der Waals surface area contributed by atoms with Crippen LogP contribution in [-0.4, -0.2) is 50.8 Å². The van der Waals surface area contributed by atoms with E-state index in [-0.39, 0.29) is 35.1 Å². The first-order chi connectivity index (χ1) is 5.13. The molecule has 0 aliphatic carbocycles. The first kappa shape index (κ1) is 11.3. The second-order valence-electron chi connectivity index (χ2n) is 1.98. The van der Waals surface area contributed by atoms with Crippen molar-refractivity contribution >= 4 is 35.5 Å². The summed E-state index contributed by atoms with van der Waals surface area (Å²) in [6.45, 7) is 0. The molecule has 0 unspecified atom stereocenters. The SMILES string of the molecule is O=C(O)c1cccc(O)c1O.[NaH]. The van der Waals surface area contributed by atoms with Crippen molar-refractivity contribution in [2.24, 2.45) is 0 Å². The number of carboxylic acid groups (broad SMARTS) is 1. The molecule has 0 atom stereocenters. The van der Waals surface area contributed by atoms with Crippen molar-refractivity contribution in [3.05, 3.63) is 23.8 Å². The fourth-order valence-electron chi connectivity index (χ4n) is 0.704. The van der Waals surface area contributed by atoms with Crippen molar-refractivity contribution in [3.63, 3.8) is 0 Å². The van der Waals surface area contributed by atoms with E-state index in [0.29, 0.717) is 0 Å². The number of carbonyl (C=O) groups is 1. The van der Waals surface area contributed by atoms with Gasteiger partial charge in [-0.1, -0.05) is 6.07 Å². The summed E-state index contributed by atoms with van der Waals surface area (Å²) in [5, 5.41) is 26.2. The van der Waals surface area contributed by atoms with Crippen LogP contribution in [0, 0.1) is 0 Å². The van der Waals surface area contributed by atoms with Gasteiger partial charge in [0.1, 0.15) is 5.56 Å². The van der Waals surface area contributed by atoms with E-state index in [0.717, 1.165) is 0 Å². The van der Waals surface area contributed by atoms with Crippen molar-refractivity contribution in [1.82, 2.24) is 0 Å². The van der Waals surface area contributed by atoms with Crippen LogP contribution in [0.3, 0.4) is 0 Å². The molecule has 0 amide bonds. The molecule has 0 aliphatic heterocycles. The Kier molecular flexibility index (Phi) is 4.09. The summed E-state index contributed by atoms with van der Waals surface area (Å²) in [5.74, 6) is -2.29. The summed E-state index contributed by atoms with van der Waals surface area (Å²) >= 11 is 0. The third-order valence-corrected chi connectivity index (χ3v) is 1.25. The van der Waals surface area contributed by atoms with Gasteiger partial charge in [0.25, 0.3) is 0 Å². The van der Waals surface area contributed by atoms with Gasteiger partial charge in [0, 0.05) is 0 Å². The molecule has 0 radical (unpaired) electrons. The van der Waals surface area contributed by atoms with E-state index in [1.807, 2.05) is 0 Å². The van der Waals surface area contributed by atoms with Crippen LogP contribution in [0.15, 0.2) is 18.2 Å². The Morgan fingerprint density at radius 1 is 1.25 bits per heavy atom. The van der Waals surface area contributed by atoms with Gasteiger partial charge in [-0.15, -0.1) is 0 Å². The van der Waals surface area contributed by atoms with Gasteiger partial charge < -0.3 is 15.3 Å². The quantitative estimate of drug-likeness (QED) is 0.422.